The van der Waals surface area contributed by atoms with Crippen LogP contribution < -0.4 is 10.1 Å². The van der Waals surface area contributed by atoms with Gasteiger partial charge in [-0.25, -0.2) is 4.39 Å². The maximum atomic E-state index is 14.4. The fourth-order valence-corrected chi connectivity index (χ4v) is 2.58. The van der Waals surface area contributed by atoms with Crippen LogP contribution in [0.2, 0.25) is 0 Å². The zero-order valence-electron chi connectivity index (χ0n) is 14.2. The van der Waals surface area contributed by atoms with E-state index >= 15 is 0 Å². The number of benzene rings is 2. The summed E-state index contributed by atoms with van der Waals surface area (Å²) in [6, 6.07) is 14.1. The van der Waals surface area contributed by atoms with Crippen LogP contribution in [0.3, 0.4) is 0 Å². The Hall–Kier alpha value is -2.79. The monoisotopic (exact) mass is 337 g/mol. The van der Waals surface area contributed by atoms with Gasteiger partial charge in [0.25, 0.3) is 0 Å². The van der Waals surface area contributed by atoms with Gasteiger partial charge in [-0.05, 0) is 43.7 Å². The summed E-state index contributed by atoms with van der Waals surface area (Å²) in [4.78, 5) is 8.36. The van der Waals surface area contributed by atoms with Crippen LogP contribution in [0.15, 0.2) is 67.1 Å². The fraction of sp³-hybridized carbons (Fsp3) is 0.200. The summed E-state index contributed by atoms with van der Waals surface area (Å²) in [5, 5.41) is 3.40. The minimum absolute atomic E-state index is 0.00649. The van der Waals surface area contributed by atoms with E-state index in [9.17, 15) is 4.39 Å². The normalized spacial score (nSPS) is 13.2. The van der Waals surface area contributed by atoms with E-state index < -0.39 is 0 Å². The molecule has 0 amide bonds. The molecule has 0 fully saturated rings. The van der Waals surface area contributed by atoms with Crippen molar-refractivity contribution in [1.82, 2.24) is 15.3 Å². The number of aromatic nitrogens is 2. The Bertz CT molecular complexity index is 812. The molecule has 25 heavy (non-hydrogen) atoms. The van der Waals surface area contributed by atoms with Gasteiger partial charge in [-0.2, -0.15) is 0 Å². The molecule has 1 heterocycles. The third-order valence-electron chi connectivity index (χ3n) is 3.95. The predicted molar refractivity (Wildman–Crippen MR) is 94.9 cm³/mol. The number of hydrogen-bond donors (Lipinski definition) is 1. The van der Waals surface area contributed by atoms with E-state index in [-0.39, 0.29) is 23.7 Å². The van der Waals surface area contributed by atoms with Crippen molar-refractivity contribution < 1.29 is 9.13 Å². The number of nitrogens with one attached hydrogen (secondary N) is 1. The lowest BCUT2D eigenvalue weighted by Crippen LogP contribution is -2.23. The fourth-order valence-electron chi connectivity index (χ4n) is 2.58. The molecule has 1 aromatic heterocycles. The van der Waals surface area contributed by atoms with Gasteiger partial charge in [0, 0.05) is 30.7 Å². The van der Waals surface area contributed by atoms with Gasteiger partial charge in [-0.1, -0.05) is 24.3 Å². The van der Waals surface area contributed by atoms with Crippen LogP contribution in [0.5, 0.6) is 11.5 Å². The zero-order chi connectivity index (χ0) is 17.6. The number of para-hydroxylation sites is 1. The van der Waals surface area contributed by atoms with Crippen LogP contribution in [0, 0.1) is 5.82 Å². The minimum atomic E-state index is -0.387. The van der Waals surface area contributed by atoms with E-state index in [1.54, 1.807) is 36.8 Å². The van der Waals surface area contributed by atoms with E-state index in [1.165, 1.54) is 6.07 Å². The van der Waals surface area contributed by atoms with E-state index in [4.69, 9.17) is 4.74 Å². The van der Waals surface area contributed by atoms with E-state index in [2.05, 4.69) is 15.3 Å². The topological polar surface area (TPSA) is 47.0 Å². The van der Waals surface area contributed by atoms with Crippen molar-refractivity contribution in [2.75, 3.05) is 0 Å². The molecule has 1 N–H and O–H groups in total. The lowest BCUT2D eigenvalue weighted by atomic mass is 10.1. The summed E-state index contributed by atoms with van der Waals surface area (Å²) in [7, 11) is 0. The Morgan fingerprint density at radius 2 is 1.80 bits per heavy atom. The predicted octanol–water partition coefficient (Wildman–Crippen LogP) is 4.82. The molecule has 2 aromatic carbocycles. The molecule has 0 bridgehead atoms. The second-order valence-electron chi connectivity index (χ2n) is 5.85. The first-order valence-corrected chi connectivity index (χ1v) is 8.18. The van der Waals surface area contributed by atoms with Crippen LogP contribution in [0.1, 0.15) is 37.2 Å². The van der Waals surface area contributed by atoms with Crippen LogP contribution in [0.4, 0.5) is 4.39 Å². The van der Waals surface area contributed by atoms with Crippen LogP contribution in [0.25, 0.3) is 0 Å². The maximum absolute atomic E-state index is 14.4. The Labute approximate surface area is 146 Å². The van der Waals surface area contributed by atoms with Crippen molar-refractivity contribution in [2.45, 2.75) is 25.9 Å². The molecule has 128 valence electrons. The molecule has 0 spiro atoms. The van der Waals surface area contributed by atoms with E-state index in [1.807, 2.05) is 38.1 Å². The third-order valence-corrected chi connectivity index (χ3v) is 3.95. The second kappa shape index (κ2) is 7.85. The van der Waals surface area contributed by atoms with Crippen molar-refractivity contribution in [3.05, 3.63) is 84.2 Å². The molecule has 0 aliphatic heterocycles. The Kier molecular flexibility index (Phi) is 5.36. The highest BCUT2D eigenvalue weighted by atomic mass is 19.1. The molecule has 0 unspecified atom stereocenters. The minimum Gasteiger partial charge on any atom is -0.454 e. The summed E-state index contributed by atoms with van der Waals surface area (Å²) in [6.45, 7) is 3.99. The smallest absolute Gasteiger partial charge is 0.166 e. The number of rotatable bonds is 6. The van der Waals surface area contributed by atoms with E-state index in [0.717, 1.165) is 11.3 Å². The third kappa shape index (κ3) is 4.39. The molecule has 0 radical (unpaired) electrons. The van der Waals surface area contributed by atoms with Gasteiger partial charge in [-0.15, -0.1) is 0 Å². The molecule has 0 saturated carbocycles. The molecular weight excluding hydrogens is 317 g/mol. The number of nitrogens with zero attached hydrogens (tertiary/aromatic N) is 2. The maximum Gasteiger partial charge on any atom is 0.166 e. The van der Waals surface area contributed by atoms with E-state index in [0.29, 0.717) is 5.75 Å². The number of halogens is 1. The number of ether oxygens (including phenoxy) is 1. The van der Waals surface area contributed by atoms with Gasteiger partial charge in [0.05, 0.1) is 5.69 Å². The van der Waals surface area contributed by atoms with Crippen molar-refractivity contribution in [3.63, 3.8) is 0 Å². The highest BCUT2D eigenvalue weighted by Crippen LogP contribution is 2.27. The Morgan fingerprint density at radius 3 is 2.48 bits per heavy atom. The summed E-state index contributed by atoms with van der Waals surface area (Å²) < 4.78 is 20.0. The summed E-state index contributed by atoms with van der Waals surface area (Å²) in [5.74, 6) is 0.433. The Morgan fingerprint density at radius 1 is 1.00 bits per heavy atom. The average molecular weight is 337 g/mol. The highest BCUT2D eigenvalue weighted by molar-refractivity contribution is 5.35. The molecule has 5 heteroatoms. The van der Waals surface area contributed by atoms with Gasteiger partial charge >= 0.3 is 0 Å². The van der Waals surface area contributed by atoms with Crippen LogP contribution in [-0.4, -0.2) is 9.97 Å². The zero-order valence-corrected chi connectivity index (χ0v) is 14.2. The van der Waals surface area contributed by atoms with Crippen LogP contribution >= 0.6 is 0 Å². The van der Waals surface area contributed by atoms with Crippen molar-refractivity contribution in [3.8, 4) is 11.5 Å². The SMILES string of the molecule is C[C@H](N[C@@H](C)c1cnccn1)c1ccc(Oc2ccccc2)c(F)c1. The van der Waals surface area contributed by atoms with Crippen molar-refractivity contribution in [1.29, 1.82) is 0 Å². The Balaban J connectivity index is 1.69. The van der Waals surface area contributed by atoms with Gasteiger partial charge in [0.2, 0.25) is 0 Å². The van der Waals surface area contributed by atoms with Crippen LogP contribution in [-0.2, 0) is 0 Å². The molecular formula is C20H20FN3O. The quantitative estimate of drug-likeness (QED) is 0.700. The summed E-state index contributed by atoms with van der Waals surface area (Å²) >= 11 is 0. The van der Waals surface area contributed by atoms with Gasteiger partial charge in [-0.3, -0.25) is 9.97 Å². The first-order chi connectivity index (χ1) is 12.1. The lowest BCUT2D eigenvalue weighted by molar-refractivity contribution is 0.438. The highest BCUT2D eigenvalue weighted by Gasteiger charge is 2.14. The molecule has 0 aliphatic rings. The standard InChI is InChI=1S/C20H20FN3O/c1-14(24-15(2)19-13-22-10-11-23-19)16-8-9-20(18(21)12-16)25-17-6-4-3-5-7-17/h3-15,24H,1-2H3/t14-,15-/m0/s1. The van der Waals surface area contributed by atoms with Gasteiger partial charge < -0.3 is 10.1 Å². The average Bonchev–Trinajstić information content (AvgIpc) is 2.65. The second-order valence-corrected chi connectivity index (χ2v) is 5.85. The van der Waals surface area contributed by atoms with Gasteiger partial charge in [0.1, 0.15) is 5.75 Å². The van der Waals surface area contributed by atoms with Crippen molar-refractivity contribution in [2.24, 2.45) is 0 Å². The van der Waals surface area contributed by atoms with Gasteiger partial charge in [0.15, 0.2) is 11.6 Å². The van der Waals surface area contributed by atoms with Crippen molar-refractivity contribution >= 4 is 0 Å². The first-order valence-electron chi connectivity index (χ1n) is 8.18. The number of hydrogen-bond acceptors (Lipinski definition) is 4. The summed E-state index contributed by atoms with van der Waals surface area (Å²) in [5.41, 5.74) is 1.69. The molecule has 0 saturated heterocycles. The molecule has 4 nitrogen and oxygen atoms in total. The lowest BCUT2D eigenvalue weighted by Gasteiger charge is -2.20. The first kappa shape index (κ1) is 17.0. The molecule has 3 rings (SSSR count). The largest absolute Gasteiger partial charge is 0.454 e. The molecule has 3 aromatic rings. The molecule has 0 aliphatic carbocycles. The molecule has 2 atom stereocenters. The summed E-state index contributed by atoms with van der Waals surface area (Å²) in [6.07, 6.45) is 5.02.